The van der Waals surface area contributed by atoms with Crippen molar-refractivity contribution in [2.75, 3.05) is 32.8 Å². The quantitative estimate of drug-likeness (QED) is 0.842. The van der Waals surface area contributed by atoms with Crippen molar-refractivity contribution in [3.8, 4) is 5.75 Å². The van der Waals surface area contributed by atoms with Crippen LogP contribution in [0.2, 0.25) is 0 Å². The van der Waals surface area contributed by atoms with Crippen LogP contribution in [0.4, 0.5) is 13.2 Å². The fourth-order valence-electron chi connectivity index (χ4n) is 2.38. The summed E-state index contributed by atoms with van der Waals surface area (Å²) in [7, 11) is 0. The minimum absolute atomic E-state index is 0.0664. The van der Waals surface area contributed by atoms with Crippen LogP contribution in [0.15, 0.2) is 18.2 Å². The third kappa shape index (κ3) is 4.39. The third-order valence-corrected chi connectivity index (χ3v) is 4.00. The minimum Gasteiger partial charge on any atom is -0.484 e. The molecular formula is C16H19F3N2O3. The molecule has 0 spiro atoms. The predicted octanol–water partition coefficient (Wildman–Crippen LogP) is 1.92. The third-order valence-electron chi connectivity index (χ3n) is 4.00. The molecule has 1 aliphatic rings. The van der Waals surface area contributed by atoms with Gasteiger partial charge in [-0.15, -0.1) is 0 Å². The number of piperazine rings is 1. The molecule has 5 nitrogen and oxygen atoms in total. The second-order valence-electron chi connectivity index (χ2n) is 5.71. The molecule has 1 saturated heterocycles. The molecule has 2 amide bonds. The zero-order valence-electron chi connectivity index (χ0n) is 13.5. The van der Waals surface area contributed by atoms with Gasteiger partial charge < -0.3 is 14.5 Å². The maximum Gasteiger partial charge on any atom is 0.471 e. The molecule has 0 radical (unpaired) electrons. The number of ether oxygens (including phenoxy) is 1. The molecule has 1 aromatic rings. The van der Waals surface area contributed by atoms with Crippen molar-refractivity contribution in [3.63, 3.8) is 0 Å². The Morgan fingerprint density at radius 1 is 1.04 bits per heavy atom. The number of carbonyl (C=O) groups excluding carboxylic acids is 2. The van der Waals surface area contributed by atoms with Gasteiger partial charge >= 0.3 is 12.1 Å². The normalized spacial score (nSPS) is 15.4. The molecule has 0 N–H and O–H groups in total. The lowest BCUT2D eigenvalue weighted by atomic mass is 10.1. The van der Waals surface area contributed by atoms with E-state index in [1.165, 1.54) is 4.90 Å². The van der Waals surface area contributed by atoms with Gasteiger partial charge in [-0.05, 0) is 37.1 Å². The first-order chi connectivity index (χ1) is 11.2. The van der Waals surface area contributed by atoms with Crippen molar-refractivity contribution in [2.45, 2.75) is 20.0 Å². The summed E-state index contributed by atoms with van der Waals surface area (Å²) in [6.45, 7) is 3.58. The lowest BCUT2D eigenvalue weighted by Crippen LogP contribution is -2.54. The first-order valence-electron chi connectivity index (χ1n) is 7.52. The van der Waals surface area contributed by atoms with Crippen LogP contribution in [0.1, 0.15) is 11.1 Å². The zero-order chi connectivity index (χ0) is 17.9. The zero-order valence-corrected chi connectivity index (χ0v) is 13.5. The van der Waals surface area contributed by atoms with E-state index in [4.69, 9.17) is 4.74 Å². The molecule has 0 aliphatic carbocycles. The number of aryl methyl sites for hydroxylation is 2. The molecular weight excluding hydrogens is 325 g/mol. The van der Waals surface area contributed by atoms with Gasteiger partial charge in [-0.3, -0.25) is 9.59 Å². The topological polar surface area (TPSA) is 49.9 Å². The van der Waals surface area contributed by atoms with Crippen LogP contribution in [0.5, 0.6) is 5.75 Å². The predicted molar refractivity (Wildman–Crippen MR) is 80.6 cm³/mol. The average molecular weight is 344 g/mol. The standard InChI is InChI=1S/C16H19F3N2O3/c1-11-3-4-13(9-12(11)2)24-10-14(22)20-5-7-21(8-6-20)15(23)16(17,18)19/h3-4,9H,5-8,10H2,1-2H3. The van der Waals surface area contributed by atoms with Gasteiger partial charge in [-0.25, -0.2) is 0 Å². The number of hydrogen-bond donors (Lipinski definition) is 0. The summed E-state index contributed by atoms with van der Waals surface area (Å²) >= 11 is 0. The number of hydrogen-bond acceptors (Lipinski definition) is 3. The Balaban J connectivity index is 1.82. The van der Waals surface area contributed by atoms with E-state index in [2.05, 4.69) is 0 Å². The molecule has 2 rings (SSSR count). The number of halogens is 3. The van der Waals surface area contributed by atoms with Gasteiger partial charge in [0.05, 0.1) is 0 Å². The van der Waals surface area contributed by atoms with Crippen LogP contribution in [-0.4, -0.2) is 60.6 Å². The smallest absolute Gasteiger partial charge is 0.471 e. The largest absolute Gasteiger partial charge is 0.484 e. The van der Waals surface area contributed by atoms with Gasteiger partial charge in [0, 0.05) is 26.2 Å². The Hall–Kier alpha value is -2.25. The van der Waals surface area contributed by atoms with Crippen molar-refractivity contribution in [3.05, 3.63) is 29.3 Å². The Labute approximate surface area is 138 Å². The van der Waals surface area contributed by atoms with Crippen LogP contribution >= 0.6 is 0 Å². The van der Waals surface area contributed by atoms with Crippen molar-refractivity contribution in [1.82, 2.24) is 9.80 Å². The van der Waals surface area contributed by atoms with E-state index < -0.39 is 12.1 Å². The van der Waals surface area contributed by atoms with Crippen molar-refractivity contribution < 1.29 is 27.5 Å². The molecule has 0 unspecified atom stereocenters. The lowest BCUT2D eigenvalue weighted by Gasteiger charge is -2.34. The Bertz CT molecular complexity index is 623. The van der Waals surface area contributed by atoms with Gasteiger partial charge in [0.15, 0.2) is 6.61 Å². The van der Waals surface area contributed by atoms with Crippen molar-refractivity contribution >= 4 is 11.8 Å². The summed E-state index contributed by atoms with van der Waals surface area (Å²) in [5, 5.41) is 0. The van der Waals surface area contributed by atoms with E-state index in [1.807, 2.05) is 26.0 Å². The van der Waals surface area contributed by atoms with E-state index in [0.29, 0.717) is 10.6 Å². The number of nitrogens with zero attached hydrogens (tertiary/aromatic N) is 2. The van der Waals surface area contributed by atoms with Crippen molar-refractivity contribution in [1.29, 1.82) is 0 Å². The summed E-state index contributed by atoms with van der Waals surface area (Å²) in [5.74, 6) is -1.61. The minimum atomic E-state index is -4.88. The molecule has 0 atom stereocenters. The van der Waals surface area contributed by atoms with Crippen LogP contribution in [0.25, 0.3) is 0 Å². The van der Waals surface area contributed by atoms with E-state index in [0.717, 1.165) is 11.1 Å². The monoisotopic (exact) mass is 344 g/mol. The highest BCUT2D eigenvalue weighted by Gasteiger charge is 2.43. The molecule has 0 aromatic heterocycles. The number of carbonyl (C=O) groups is 2. The first-order valence-corrected chi connectivity index (χ1v) is 7.52. The highest BCUT2D eigenvalue weighted by molar-refractivity contribution is 5.82. The van der Waals surface area contributed by atoms with Gasteiger partial charge in [0.1, 0.15) is 5.75 Å². The summed E-state index contributed by atoms with van der Waals surface area (Å²) in [6.07, 6.45) is -4.88. The maximum absolute atomic E-state index is 12.4. The van der Waals surface area contributed by atoms with Crippen LogP contribution in [0, 0.1) is 13.8 Å². The highest BCUT2D eigenvalue weighted by atomic mass is 19.4. The van der Waals surface area contributed by atoms with Crippen LogP contribution in [0.3, 0.4) is 0 Å². The van der Waals surface area contributed by atoms with Crippen LogP contribution in [-0.2, 0) is 9.59 Å². The first kappa shape index (κ1) is 18.1. The molecule has 8 heteroatoms. The molecule has 1 aromatic carbocycles. The van der Waals surface area contributed by atoms with Gasteiger partial charge in [0.25, 0.3) is 5.91 Å². The lowest BCUT2D eigenvalue weighted by molar-refractivity contribution is -0.187. The van der Waals surface area contributed by atoms with Crippen molar-refractivity contribution in [2.24, 2.45) is 0 Å². The fraction of sp³-hybridized carbons (Fsp3) is 0.500. The summed E-state index contributed by atoms with van der Waals surface area (Å²) < 4.78 is 42.5. The highest BCUT2D eigenvalue weighted by Crippen LogP contribution is 2.20. The Morgan fingerprint density at radius 2 is 1.62 bits per heavy atom. The number of alkyl halides is 3. The van der Waals surface area contributed by atoms with Gasteiger partial charge in [-0.1, -0.05) is 6.07 Å². The van der Waals surface area contributed by atoms with Gasteiger partial charge in [0.2, 0.25) is 0 Å². The molecule has 1 fully saturated rings. The second-order valence-corrected chi connectivity index (χ2v) is 5.71. The van der Waals surface area contributed by atoms with Gasteiger partial charge in [-0.2, -0.15) is 13.2 Å². The summed E-state index contributed by atoms with van der Waals surface area (Å²) in [4.78, 5) is 25.3. The number of benzene rings is 1. The molecule has 132 valence electrons. The van der Waals surface area contributed by atoms with E-state index in [9.17, 15) is 22.8 Å². The second kappa shape index (κ2) is 7.11. The molecule has 24 heavy (non-hydrogen) atoms. The average Bonchev–Trinajstić information content (AvgIpc) is 2.54. The Kier molecular flexibility index (Phi) is 5.36. The molecule has 0 saturated carbocycles. The molecule has 1 heterocycles. The number of rotatable bonds is 3. The van der Waals surface area contributed by atoms with Crippen LogP contribution < -0.4 is 4.74 Å². The summed E-state index contributed by atoms with van der Waals surface area (Å²) in [6, 6.07) is 5.47. The van der Waals surface area contributed by atoms with E-state index in [1.54, 1.807) is 6.07 Å². The number of amides is 2. The SMILES string of the molecule is Cc1ccc(OCC(=O)N2CCN(C(=O)C(F)(F)F)CC2)cc1C. The maximum atomic E-state index is 12.4. The molecule has 0 bridgehead atoms. The Morgan fingerprint density at radius 3 is 2.17 bits per heavy atom. The van der Waals surface area contributed by atoms with E-state index >= 15 is 0 Å². The summed E-state index contributed by atoms with van der Waals surface area (Å²) in [5.41, 5.74) is 2.15. The molecule has 1 aliphatic heterocycles. The van der Waals surface area contributed by atoms with E-state index in [-0.39, 0.29) is 38.7 Å². The fourth-order valence-corrected chi connectivity index (χ4v) is 2.38.